The molecule has 0 N–H and O–H groups in total. The molecule has 0 unspecified atom stereocenters. The molecule has 1 aliphatic heterocycles. The average Bonchev–Trinajstić information content (AvgIpc) is 3.00. The number of hydrogen-bond donors (Lipinski definition) is 0. The third kappa shape index (κ3) is 2.23. The third-order valence-electron chi connectivity index (χ3n) is 4.72. The minimum atomic E-state index is 0.762. The molecule has 4 aromatic heterocycles. The van der Waals surface area contributed by atoms with Gasteiger partial charge in [-0.05, 0) is 30.7 Å². The van der Waals surface area contributed by atoms with E-state index in [9.17, 15) is 0 Å². The fourth-order valence-electron chi connectivity index (χ4n) is 3.50. The number of aryl methyl sites for hydroxylation is 2. The summed E-state index contributed by atoms with van der Waals surface area (Å²) in [6.45, 7) is 3.58. The maximum atomic E-state index is 4.74. The van der Waals surface area contributed by atoms with E-state index >= 15 is 0 Å². The molecule has 0 saturated carbocycles. The van der Waals surface area contributed by atoms with Crippen molar-refractivity contribution in [2.24, 2.45) is 7.05 Å². The van der Waals surface area contributed by atoms with Gasteiger partial charge in [-0.25, -0.2) is 19.9 Å². The zero-order valence-electron chi connectivity index (χ0n) is 14.1. The second kappa shape index (κ2) is 5.20. The average molecular weight is 331 g/mol. The summed E-state index contributed by atoms with van der Waals surface area (Å²) < 4.78 is 1.80. The molecule has 0 aliphatic carbocycles. The number of nitrogens with zero attached hydrogens (tertiary/aromatic N) is 7. The summed E-state index contributed by atoms with van der Waals surface area (Å²) in [7, 11) is 1.91. The van der Waals surface area contributed by atoms with Crippen LogP contribution >= 0.6 is 0 Å². The second-order valence-corrected chi connectivity index (χ2v) is 6.42. The fraction of sp³-hybridized carbons (Fsp3) is 0.278. The van der Waals surface area contributed by atoms with E-state index in [1.54, 1.807) is 10.9 Å². The van der Waals surface area contributed by atoms with Crippen molar-refractivity contribution >= 4 is 27.9 Å². The van der Waals surface area contributed by atoms with Gasteiger partial charge in [-0.1, -0.05) is 0 Å². The Kier molecular flexibility index (Phi) is 2.97. The van der Waals surface area contributed by atoms with E-state index in [-0.39, 0.29) is 0 Å². The van der Waals surface area contributed by atoms with Gasteiger partial charge in [-0.2, -0.15) is 5.10 Å². The molecule has 4 aromatic rings. The lowest BCUT2D eigenvalue weighted by Gasteiger charge is -2.29. The Morgan fingerprint density at radius 3 is 3.00 bits per heavy atom. The molecule has 0 saturated heterocycles. The van der Waals surface area contributed by atoms with Crippen molar-refractivity contribution in [3.05, 3.63) is 47.7 Å². The Balaban J connectivity index is 1.61. The number of anilines is 1. The monoisotopic (exact) mass is 331 g/mol. The molecule has 5 rings (SSSR count). The van der Waals surface area contributed by atoms with Crippen LogP contribution in [0.4, 0.5) is 5.82 Å². The number of rotatable bonds is 1. The highest BCUT2D eigenvalue weighted by molar-refractivity contribution is 5.87. The van der Waals surface area contributed by atoms with Gasteiger partial charge in [0.2, 0.25) is 0 Å². The van der Waals surface area contributed by atoms with Crippen LogP contribution in [-0.2, 0) is 20.0 Å². The van der Waals surface area contributed by atoms with Crippen LogP contribution in [0.25, 0.3) is 22.1 Å². The van der Waals surface area contributed by atoms with E-state index in [4.69, 9.17) is 9.97 Å². The molecule has 0 amide bonds. The summed E-state index contributed by atoms with van der Waals surface area (Å²) in [5, 5.41) is 6.41. The van der Waals surface area contributed by atoms with E-state index in [2.05, 4.69) is 32.1 Å². The molecule has 0 fully saturated rings. The zero-order valence-corrected chi connectivity index (χ0v) is 14.1. The maximum Gasteiger partial charge on any atom is 0.163 e. The first-order valence-electron chi connectivity index (χ1n) is 8.34. The van der Waals surface area contributed by atoms with Crippen LogP contribution in [0.3, 0.4) is 0 Å². The van der Waals surface area contributed by atoms with Gasteiger partial charge in [0.15, 0.2) is 11.3 Å². The topological polar surface area (TPSA) is 72.6 Å². The molecule has 1 aliphatic rings. The van der Waals surface area contributed by atoms with Crippen molar-refractivity contribution in [2.75, 3.05) is 11.4 Å². The van der Waals surface area contributed by atoms with Gasteiger partial charge >= 0.3 is 0 Å². The Bertz CT molecular complexity index is 1120. The Hall–Kier alpha value is -3.09. The number of fused-ring (bicyclic) bond motifs is 3. The minimum Gasteiger partial charge on any atom is -0.351 e. The summed E-state index contributed by atoms with van der Waals surface area (Å²) >= 11 is 0. The number of aromatic nitrogens is 6. The smallest absolute Gasteiger partial charge is 0.163 e. The third-order valence-corrected chi connectivity index (χ3v) is 4.72. The van der Waals surface area contributed by atoms with Gasteiger partial charge in [-0.3, -0.25) is 4.68 Å². The summed E-state index contributed by atoms with van der Waals surface area (Å²) in [4.78, 5) is 20.6. The van der Waals surface area contributed by atoms with Crippen molar-refractivity contribution in [1.82, 2.24) is 29.7 Å². The molecule has 7 nitrogen and oxygen atoms in total. The number of pyridine rings is 2. The van der Waals surface area contributed by atoms with Gasteiger partial charge in [0.1, 0.15) is 11.6 Å². The largest absolute Gasteiger partial charge is 0.351 e. The molecule has 0 bridgehead atoms. The molecule has 7 heteroatoms. The first-order valence-corrected chi connectivity index (χ1v) is 8.34. The molecular weight excluding hydrogens is 314 g/mol. The van der Waals surface area contributed by atoms with Gasteiger partial charge in [0, 0.05) is 43.8 Å². The maximum absolute atomic E-state index is 4.74. The quantitative estimate of drug-likeness (QED) is 0.532. The van der Waals surface area contributed by atoms with Crippen LogP contribution in [0.15, 0.2) is 30.6 Å². The first kappa shape index (κ1) is 14.3. The fourth-order valence-corrected chi connectivity index (χ4v) is 3.50. The van der Waals surface area contributed by atoms with E-state index in [1.807, 2.05) is 26.2 Å². The molecule has 5 heterocycles. The standard InChI is InChI=1S/C18H17N7/c1-11-21-17-14(9-20-24(17)2)18(22-11)25-7-5-15-13(10-25)8-12-4-3-6-19-16(12)23-15/h3-4,6,8-9H,5,7,10H2,1-2H3. The predicted molar refractivity (Wildman–Crippen MR) is 95.3 cm³/mol. The Morgan fingerprint density at radius 2 is 2.08 bits per heavy atom. The molecule has 0 atom stereocenters. The highest BCUT2D eigenvalue weighted by Gasteiger charge is 2.22. The summed E-state index contributed by atoms with van der Waals surface area (Å²) in [5.41, 5.74) is 4.06. The lowest BCUT2D eigenvalue weighted by molar-refractivity contribution is 0.705. The molecule has 0 radical (unpaired) electrons. The van der Waals surface area contributed by atoms with E-state index in [0.29, 0.717) is 0 Å². The molecule has 124 valence electrons. The second-order valence-electron chi connectivity index (χ2n) is 6.42. The number of hydrogen-bond acceptors (Lipinski definition) is 6. The van der Waals surface area contributed by atoms with Gasteiger partial charge in [0.05, 0.1) is 11.6 Å². The summed E-state index contributed by atoms with van der Waals surface area (Å²) in [6, 6.07) is 6.21. The van der Waals surface area contributed by atoms with Crippen molar-refractivity contribution < 1.29 is 0 Å². The van der Waals surface area contributed by atoms with E-state index < -0.39 is 0 Å². The molecule has 0 aromatic carbocycles. The molecule has 0 spiro atoms. The van der Waals surface area contributed by atoms with Gasteiger partial charge in [0.25, 0.3) is 0 Å². The van der Waals surface area contributed by atoms with Crippen molar-refractivity contribution in [3.63, 3.8) is 0 Å². The van der Waals surface area contributed by atoms with Crippen LogP contribution < -0.4 is 4.90 Å². The summed E-state index contributed by atoms with van der Waals surface area (Å²) in [6.07, 6.45) is 4.52. The van der Waals surface area contributed by atoms with Crippen LogP contribution in [0.5, 0.6) is 0 Å². The van der Waals surface area contributed by atoms with Crippen molar-refractivity contribution in [3.8, 4) is 0 Å². The van der Waals surface area contributed by atoms with Gasteiger partial charge in [-0.15, -0.1) is 0 Å². The summed E-state index contributed by atoms with van der Waals surface area (Å²) in [5.74, 6) is 1.71. The first-order chi connectivity index (χ1) is 12.2. The SMILES string of the molecule is Cc1nc(N2CCc3nc4ncccc4cc3C2)c2cnn(C)c2n1. The van der Waals surface area contributed by atoms with Crippen LogP contribution in [0, 0.1) is 6.92 Å². The van der Waals surface area contributed by atoms with Crippen LogP contribution in [0.2, 0.25) is 0 Å². The van der Waals surface area contributed by atoms with Crippen molar-refractivity contribution in [1.29, 1.82) is 0 Å². The lowest BCUT2D eigenvalue weighted by atomic mass is 10.0. The van der Waals surface area contributed by atoms with Crippen molar-refractivity contribution in [2.45, 2.75) is 19.9 Å². The zero-order chi connectivity index (χ0) is 17.0. The van der Waals surface area contributed by atoms with Crippen LogP contribution in [-0.4, -0.2) is 36.3 Å². The minimum absolute atomic E-state index is 0.762. The predicted octanol–water partition coefficient (Wildman–Crippen LogP) is 2.18. The van der Waals surface area contributed by atoms with E-state index in [0.717, 1.165) is 58.9 Å². The highest BCUT2D eigenvalue weighted by atomic mass is 15.3. The van der Waals surface area contributed by atoms with E-state index in [1.165, 1.54) is 5.56 Å². The van der Waals surface area contributed by atoms with Gasteiger partial charge < -0.3 is 4.90 Å². The Labute approximate surface area is 144 Å². The molecular formula is C18H17N7. The highest BCUT2D eigenvalue weighted by Crippen LogP contribution is 2.29. The molecule has 25 heavy (non-hydrogen) atoms. The Morgan fingerprint density at radius 1 is 1.16 bits per heavy atom. The van der Waals surface area contributed by atoms with Crippen LogP contribution in [0.1, 0.15) is 17.1 Å². The lowest BCUT2D eigenvalue weighted by Crippen LogP contribution is -2.32. The normalized spacial score (nSPS) is 14.2.